The Morgan fingerprint density at radius 1 is 1.31 bits per heavy atom. The van der Waals surface area contributed by atoms with Crippen LogP contribution in [0.5, 0.6) is 0 Å². The second-order valence-corrected chi connectivity index (χ2v) is 6.52. The molecule has 1 aliphatic heterocycles. The Morgan fingerprint density at radius 2 is 2.12 bits per heavy atom. The largest absolute Gasteiger partial charge is 0.480 e. The molecule has 0 spiro atoms. The Morgan fingerprint density at radius 3 is 2.88 bits per heavy atom. The minimum atomic E-state index is -1.02. The van der Waals surface area contributed by atoms with Crippen LogP contribution in [0.25, 0.3) is 10.9 Å². The van der Waals surface area contributed by atoms with Crippen molar-refractivity contribution in [3.05, 3.63) is 42.1 Å². The number of morpholine rings is 1. The van der Waals surface area contributed by atoms with Crippen molar-refractivity contribution in [1.29, 1.82) is 0 Å². The number of ether oxygens (including phenoxy) is 1. The van der Waals surface area contributed by atoms with Crippen LogP contribution in [0.1, 0.15) is 12.6 Å². The van der Waals surface area contributed by atoms with Crippen molar-refractivity contribution in [2.45, 2.75) is 19.6 Å². The molecule has 1 saturated heterocycles. The SMILES string of the molecule is CC(=O)N(CC(=O)O)CC1CN(Cc2ccc3ccccc3n2)CCO1. The molecule has 0 saturated carbocycles. The molecule has 1 aromatic carbocycles. The number of aromatic nitrogens is 1. The van der Waals surface area contributed by atoms with Crippen LogP contribution in [0.15, 0.2) is 36.4 Å². The van der Waals surface area contributed by atoms with E-state index in [1.165, 1.54) is 11.8 Å². The van der Waals surface area contributed by atoms with E-state index >= 15 is 0 Å². The Labute approximate surface area is 152 Å². The van der Waals surface area contributed by atoms with Gasteiger partial charge in [-0.25, -0.2) is 0 Å². The van der Waals surface area contributed by atoms with Gasteiger partial charge in [-0.1, -0.05) is 24.3 Å². The number of hydrogen-bond donors (Lipinski definition) is 1. The monoisotopic (exact) mass is 357 g/mol. The van der Waals surface area contributed by atoms with E-state index in [1.54, 1.807) is 0 Å². The zero-order valence-corrected chi connectivity index (χ0v) is 14.8. The van der Waals surface area contributed by atoms with Gasteiger partial charge in [-0.15, -0.1) is 0 Å². The Hall–Kier alpha value is -2.51. The number of rotatable bonds is 6. The Kier molecular flexibility index (Phi) is 5.80. The van der Waals surface area contributed by atoms with Gasteiger partial charge in [0.2, 0.25) is 5.91 Å². The summed E-state index contributed by atoms with van der Waals surface area (Å²) in [6.45, 7) is 4.02. The second kappa shape index (κ2) is 8.25. The van der Waals surface area contributed by atoms with Gasteiger partial charge < -0.3 is 14.7 Å². The van der Waals surface area contributed by atoms with Crippen LogP contribution in [0.2, 0.25) is 0 Å². The van der Waals surface area contributed by atoms with Crippen molar-refractivity contribution in [2.75, 3.05) is 32.8 Å². The molecule has 1 aromatic heterocycles. The molecule has 0 aliphatic carbocycles. The summed E-state index contributed by atoms with van der Waals surface area (Å²) < 4.78 is 5.73. The van der Waals surface area contributed by atoms with E-state index in [4.69, 9.17) is 14.8 Å². The van der Waals surface area contributed by atoms with Gasteiger partial charge in [0.25, 0.3) is 0 Å². The lowest BCUT2D eigenvalue weighted by Crippen LogP contribution is -2.49. The van der Waals surface area contributed by atoms with Gasteiger partial charge >= 0.3 is 5.97 Å². The summed E-state index contributed by atoms with van der Waals surface area (Å²) in [5, 5.41) is 10.1. The van der Waals surface area contributed by atoms with Crippen molar-refractivity contribution >= 4 is 22.8 Å². The molecular weight excluding hydrogens is 334 g/mol. The van der Waals surface area contributed by atoms with Crippen molar-refractivity contribution in [3.63, 3.8) is 0 Å². The standard InChI is InChI=1S/C19H23N3O4/c1-14(23)22(13-19(24)25)12-17-11-21(8-9-26-17)10-16-7-6-15-4-2-3-5-18(15)20-16/h2-7,17H,8-13H2,1H3,(H,24,25). The molecule has 26 heavy (non-hydrogen) atoms. The fraction of sp³-hybridized carbons (Fsp3) is 0.421. The predicted octanol–water partition coefficient (Wildman–Crippen LogP) is 1.37. The van der Waals surface area contributed by atoms with Crippen molar-refractivity contribution in [3.8, 4) is 0 Å². The summed E-state index contributed by atoms with van der Waals surface area (Å²) in [7, 11) is 0. The van der Waals surface area contributed by atoms with E-state index in [0.29, 0.717) is 19.7 Å². The molecule has 1 fully saturated rings. The number of pyridine rings is 1. The summed E-state index contributed by atoms with van der Waals surface area (Å²) in [5.41, 5.74) is 1.96. The molecule has 3 rings (SSSR count). The molecule has 1 aliphatic rings. The zero-order valence-electron chi connectivity index (χ0n) is 14.8. The maximum absolute atomic E-state index is 11.6. The number of amides is 1. The fourth-order valence-electron chi connectivity index (χ4n) is 3.17. The Bertz CT molecular complexity index is 795. The third kappa shape index (κ3) is 4.77. The van der Waals surface area contributed by atoms with Crippen molar-refractivity contribution in [2.24, 2.45) is 0 Å². The van der Waals surface area contributed by atoms with Gasteiger partial charge in [0.05, 0.1) is 23.9 Å². The molecule has 0 radical (unpaired) electrons. The van der Waals surface area contributed by atoms with Gasteiger partial charge in [-0.05, 0) is 12.1 Å². The summed E-state index contributed by atoms with van der Waals surface area (Å²) in [4.78, 5) is 30.8. The third-order valence-corrected chi connectivity index (χ3v) is 4.46. The molecule has 0 bridgehead atoms. The van der Waals surface area contributed by atoms with Crippen molar-refractivity contribution < 1.29 is 19.4 Å². The van der Waals surface area contributed by atoms with Crippen LogP contribution < -0.4 is 0 Å². The van der Waals surface area contributed by atoms with Gasteiger partial charge in [0, 0.05) is 38.5 Å². The topological polar surface area (TPSA) is 83.0 Å². The molecule has 1 amide bonds. The molecule has 1 N–H and O–H groups in total. The van der Waals surface area contributed by atoms with Crippen LogP contribution in [-0.4, -0.2) is 70.7 Å². The Balaban J connectivity index is 1.62. The van der Waals surface area contributed by atoms with Crippen molar-refractivity contribution in [1.82, 2.24) is 14.8 Å². The van der Waals surface area contributed by atoms with Crippen LogP contribution in [0, 0.1) is 0 Å². The highest BCUT2D eigenvalue weighted by Crippen LogP contribution is 2.15. The summed E-state index contributed by atoms with van der Waals surface area (Å²) >= 11 is 0. The molecule has 7 heteroatoms. The number of para-hydroxylation sites is 1. The highest BCUT2D eigenvalue weighted by Gasteiger charge is 2.25. The predicted molar refractivity (Wildman–Crippen MR) is 96.6 cm³/mol. The lowest BCUT2D eigenvalue weighted by molar-refractivity contribution is -0.145. The molecule has 1 atom stereocenters. The fourth-order valence-corrected chi connectivity index (χ4v) is 3.17. The highest BCUT2D eigenvalue weighted by atomic mass is 16.5. The first-order valence-corrected chi connectivity index (χ1v) is 8.67. The smallest absolute Gasteiger partial charge is 0.323 e. The molecule has 7 nitrogen and oxygen atoms in total. The minimum Gasteiger partial charge on any atom is -0.480 e. The van der Waals surface area contributed by atoms with Crippen LogP contribution in [-0.2, 0) is 20.9 Å². The summed E-state index contributed by atoms with van der Waals surface area (Å²) in [6, 6.07) is 12.1. The van der Waals surface area contributed by atoms with Gasteiger partial charge in [-0.3, -0.25) is 19.5 Å². The molecule has 2 aromatic rings. The number of benzene rings is 1. The summed E-state index contributed by atoms with van der Waals surface area (Å²) in [5.74, 6) is -1.28. The lowest BCUT2D eigenvalue weighted by atomic mass is 10.2. The van der Waals surface area contributed by atoms with E-state index < -0.39 is 5.97 Å². The second-order valence-electron chi connectivity index (χ2n) is 6.52. The molecular formula is C19H23N3O4. The molecule has 2 heterocycles. The number of hydrogen-bond acceptors (Lipinski definition) is 5. The number of aliphatic carboxylic acids is 1. The number of carboxylic acids is 1. The van der Waals surface area contributed by atoms with Crippen LogP contribution >= 0.6 is 0 Å². The van der Waals surface area contributed by atoms with E-state index in [0.717, 1.165) is 23.1 Å². The lowest BCUT2D eigenvalue weighted by Gasteiger charge is -2.35. The number of carbonyl (C=O) groups excluding carboxylic acids is 1. The van der Waals surface area contributed by atoms with Gasteiger partial charge in [0.15, 0.2) is 0 Å². The van der Waals surface area contributed by atoms with Gasteiger partial charge in [0.1, 0.15) is 6.54 Å². The maximum atomic E-state index is 11.6. The first-order chi connectivity index (χ1) is 12.5. The first kappa shape index (κ1) is 18.3. The quantitative estimate of drug-likeness (QED) is 0.841. The first-order valence-electron chi connectivity index (χ1n) is 8.67. The average molecular weight is 357 g/mol. The number of nitrogens with zero attached hydrogens (tertiary/aromatic N) is 3. The highest BCUT2D eigenvalue weighted by molar-refractivity contribution is 5.79. The summed E-state index contributed by atoms with van der Waals surface area (Å²) in [6.07, 6.45) is -0.201. The number of fused-ring (bicyclic) bond motifs is 1. The minimum absolute atomic E-state index is 0.201. The van der Waals surface area contributed by atoms with E-state index in [-0.39, 0.29) is 25.1 Å². The third-order valence-electron chi connectivity index (χ3n) is 4.46. The van der Waals surface area contributed by atoms with Crippen LogP contribution in [0.4, 0.5) is 0 Å². The van der Waals surface area contributed by atoms with Crippen LogP contribution in [0.3, 0.4) is 0 Å². The maximum Gasteiger partial charge on any atom is 0.323 e. The zero-order chi connectivity index (χ0) is 18.5. The number of carboxylic acid groups (broad SMARTS) is 1. The molecule has 1 unspecified atom stereocenters. The van der Waals surface area contributed by atoms with E-state index in [1.807, 2.05) is 30.3 Å². The average Bonchev–Trinajstić information content (AvgIpc) is 2.61. The van der Waals surface area contributed by atoms with Gasteiger partial charge in [-0.2, -0.15) is 0 Å². The number of carbonyl (C=O) groups is 2. The van der Waals surface area contributed by atoms with E-state index in [9.17, 15) is 9.59 Å². The van der Waals surface area contributed by atoms with E-state index in [2.05, 4.69) is 11.0 Å². The molecule has 138 valence electrons. The normalized spacial score (nSPS) is 18.0.